The Kier molecular flexibility index (Phi) is 3.28. The maximum absolute atomic E-state index is 12.8. The molecule has 1 unspecified atom stereocenters. The van der Waals surface area contributed by atoms with E-state index in [-0.39, 0.29) is 17.6 Å². The molecule has 116 valence electrons. The Morgan fingerprint density at radius 3 is 2.65 bits per heavy atom. The predicted octanol–water partition coefficient (Wildman–Crippen LogP) is 3.64. The molecule has 4 nitrogen and oxygen atoms in total. The summed E-state index contributed by atoms with van der Waals surface area (Å²) in [6, 6.07) is 13.4. The monoisotopic (exact) mass is 388 g/mol. The van der Waals surface area contributed by atoms with Crippen LogP contribution in [-0.2, 0) is 14.5 Å². The molecule has 1 atom stereocenters. The van der Waals surface area contributed by atoms with E-state index < -0.39 is 4.87 Å². The van der Waals surface area contributed by atoms with Crippen molar-refractivity contribution in [1.29, 1.82) is 0 Å². The van der Waals surface area contributed by atoms with Crippen molar-refractivity contribution >= 4 is 50.9 Å². The first kappa shape index (κ1) is 14.8. The number of amides is 2. The molecular weight excluding hydrogens is 376 g/mol. The number of hydrogen-bond donors (Lipinski definition) is 1. The van der Waals surface area contributed by atoms with Crippen molar-refractivity contribution in [3.8, 4) is 0 Å². The second-order valence-corrected chi connectivity index (χ2v) is 7.73. The van der Waals surface area contributed by atoms with E-state index in [9.17, 15) is 9.59 Å². The number of thioether (sulfide) groups is 1. The van der Waals surface area contributed by atoms with Crippen molar-refractivity contribution in [1.82, 2.24) is 0 Å². The number of halogens is 1. The van der Waals surface area contributed by atoms with Crippen LogP contribution in [0.5, 0.6) is 0 Å². The summed E-state index contributed by atoms with van der Waals surface area (Å²) in [7, 11) is 0. The molecule has 2 amide bonds. The fourth-order valence-corrected chi connectivity index (χ4v) is 4.76. The van der Waals surface area contributed by atoms with E-state index in [1.807, 2.05) is 49.4 Å². The van der Waals surface area contributed by atoms with Crippen LogP contribution in [0.2, 0.25) is 0 Å². The van der Waals surface area contributed by atoms with E-state index in [4.69, 9.17) is 0 Å². The number of aryl methyl sites for hydroxylation is 1. The van der Waals surface area contributed by atoms with Crippen LogP contribution in [-0.4, -0.2) is 17.6 Å². The van der Waals surface area contributed by atoms with Crippen LogP contribution in [0.1, 0.15) is 11.1 Å². The third kappa shape index (κ3) is 2.05. The van der Waals surface area contributed by atoms with Gasteiger partial charge in [0.05, 0.1) is 5.75 Å². The number of nitrogens with zero attached hydrogens (tertiary/aromatic N) is 1. The molecule has 2 heterocycles. The number of carbonyl (C=O) groups excluding carboxylic acids is 2. The lowest BCUT2D eigenvalue weighted by molar-refractivity contribution is -0.122. The molecule has 0 aromatic heterocycles. The van der Waals surface area contributed by atoms with Crippen molar-refractivity contribution in [3.63, 3.8) is 0 Å². The summed E-state index contributed by atoms with van der Waals surface area (Å²) in [4.78, 5) is 26.0. The number of anilines is 2. The Labute approximate surface area is 146 Å². The van der Waals surface area contributed by atoms with Gasteiger partial charge in [-0.1, -0.05) is 33.6 Å². The zero-order valence-corrected chi connectivity index (χ0v) is 14.7. The topological polar surface area (TPSA) is 49.4 Å². The van der Waals surface area contributed by atoms with Gasteiger partial charge in [0.25, 0.3) is 5.91 Å². The molecular formula is C17H13BrN2O2S. The molecule has 1 spiro atoms. The summed E-state index contributed by atoms with van der Waals surface area (Å²) in [6.07, 6.45) is 0. The highest BCUT2D eigenvalue weighted by Crippen LogP contribution is 2.54. The predicted molar refractivity (Wildman–Crippen MR) is 95.6 cm³/mol. The van der Waals surface area contributed by atoms with Crippen LogP contribution >= 0.6 is 27.7 Å². The molecule has 1 fully saturated rings. The molecule has 0 saturated carbocycles. The maximum Gasteiger partial charge on any atom is 0.266 e. The highest BCUT2D eigenvalue weighted by molar-refractivity contribution is 9.10. The summed E-state index contributed by atoms with van der Waals surface area (Å²) in [5.41, 5.74) is 3.44. The average molecular weight is 389 g/mol. The Balaban J connectivity index is 1.93. The van der Waals surface area contributed by atoms with Gasteiger partial charge in [0.1, 0.15) is 0 Å². The normalized spacial score (nSPS) is 22.6. The van der Waals surface area contributed by atoms with Crippen molar-refractivity contribution in [2.45, 2.75) is 11.8 Å². The van der Waals surface area contributed by atoms with Gasteiger partial charge in [-0.15, -0.1) is 11.8 Å². The standard InChI is InChI=1S/C17H13BrN2O2S/c1-10-2-5-12(6-3-10)20-15(21)9-23-17(20)13-8-11(18)4-7-14(13)19-16(17)22/h2-8H,9H2,1H3,(H,19,22). The van der Waals surface area contributed by atoms with Gasteiger partial charge >= 0.3 is 0 Å². The van der Waals surface area contributed by atoms with E-state index in [1.165, 1.54) is 11.8 Å². The van der Waals surface area contributed by atoms with Gasteiger partial charge in [0.15, 0.2) is 0 Å². The largest absolute Gasteiger partial charge is 0.323 e. The van der Waals surface area contributed by atoms with E-state index in [0.29, 0.717) is 0 Å². The summed E-state index contributed by atoms with van der Waals surface area (Å²) in [5.74, 6) is 0.0663. The first-order chi connectivity index (χ1) is 11.0. The van der Waals surface area contributed by atoms with Gasteiger partial charge in [-0.3, -0.25) is 14.5 Å². The van der Waals surface area contributed by atoms with Gasteiger partial charge in [0, 0.05) is 21.4 Å². The first-order valence-electron chi connectivity index (χ1n) is 7.17. The summed E-state index contributed by atoms with van der Waals surface area (Å²) >= 11 is 4.83. The minimum atomic E-state index is -1.02. The van der Waals surface area contributed by atoms with Crippen LogP contribution < -0.4 is 10.2 Å². The quantitative estimate of drug-likeness (QED) is 0.810. The van der Waals surface area contributed by atoms with Crippen LogP contribution in [0.4, 0.5) is 11.4 Å². The number of benzene rings is 2. The summed E-state index contributed by atoms with van der Waals surface area (Å²) in [6.45, 7) is 1.99. The number of rotatable bonds is 1. The summed E-state index contributed by atoms with van der Waals surface area (Å²) in [5, 5.41) is 2.91. The van der Waals surface area contributed by atoms with Gasteiger partial charge in [-0.05, 0) is 37.3 Å². The second kappa shape index (κ2) is 5.11. The van der Waals surface area contributed by atoms with Crippen LogP contribution in [0.25, 0.3) is 0 Å². The molecule has 4 rings (SSSR count). The van der Waals surface area contributed by atoms with Gasteiger partial charge in [0.2, 0.25) is 10.8 Å². The Morgan fingerprint density at radius 1 is 1.17 bits per heavy atom. The van der Waals surface area contributed by atoms with E-state index >= 15 is 0 Å². The Bertz CT molecular complexity index is 837. The molecule has 23 heavy (non-hydrogen) atoms. The Hall–Kier alpha value is -1.79. The van der Waals surface area contributed by atoms with Crippen molar-refractivity contribution in [3.05, 3.63) is 58.1 Å². The highest BCUT2D eigenvalue weighted by atomic mass is 79.9. The third-order valence-corrected chi connectivity index (χ3v) is 6.05. The molecule has 6 heteroatoms. The van der Waals surface area contributed by atoms with Crippen LogP contribution in [0, 0.1) is 6.92 Å². The fraction of sp³-hybridized carbons (Fsp3) is 0.176. The molecule has 2 aromatic carbocycles. The van der Waals surface area contributed by atoms with Crippen LogP contribution in [0.3, 0.4) is 0 Å². The van der Waals surface area contributed by atoms with Gasteiger partial charge < -0.3 is 5.32 Å². The number of hydrogen-bond acceptors (Lipinski definition) is 3. The molecule has 0 aliphatic carbocycles. The van der Waals surface area contributed by atoms with Gasteiger partial charge in [-0.25, -0.2) is 0 Å². The van der Waals surface area contributed by atoms with Gasteiger partial charge in [-0.2, -0.15) is 0 Å². The minimum absolute atomic E-state index is 0.0539. The van der Waals surface area contributed by atoms with Crippen molar-refractivity contribution in [2.75, 3.05) is 16.0 Å². The van der Waals surface area contributed by atoms with E-state index in [0.717, 1.165) is 27.0 Å². The number of carbonyl (C=O) groups is 2. The lowest BCUT2D eigenvalue weighted by Crippen LogP contribution is -2.47. The molecule has 2 aliphatic heterocycles. The zero-order chi connectivity index (χ0) is 16.2. The smallest absolute Gasteiger partial charge is 0.266 e. The second-order valence-electron chi connectivity index (χ2n) is 5.64. The summed E-state index contributed by atoms with van der Waals surface area (Å²) < 4.78 is 0.885. The van der Waals surface area contributed by atoms with Crippen LogP contribution in [0.15, 0.2) is 46.9 Å². The lowest BCUT2D eigenvalue weighted by Gasteiger charge is -2.32. The number of fused-ring (bicyclic) bond motifs is 2. The zero-order valence-electron chi connectivity index (χ0n) is 12.3. The Morgan fingerprint density at radius 2 is 1.91 bits per heavy atom. The highest BCUT2D eigenvalue weighted by Gasteiger charge is 2.58. The molecule has 0 bridgehead atoms. The molecule has 1 saturated heterocycles. The molecule has 1 N–H and O–H groups in total. The SMILES string of the molecule is Cc1ccc(N2C(=O)CSC23C(=O)Nc2ccc(Br)cc23)cc1. The minimum Gasteiger partial charge on any atom is -0.323 e. The molecule has 2 aliphatic rings. The fourth-order valence-electron chi connectivity index (χ4n) is 3.09. The maximum atomic E-state index is 12.8. The van der Waals surface area contributed by atoms with Crippen molar-refractivity contribution in [2.24, 2.45) is 0 Å². The van der Waals surface area contributed by atoms with E-state index in [2.05, 4.69) is 21.2 Å². The first-order valence-corrected chi connectivity index (χ1v) is 8.95. The van der Waals surface area contributed by atoms with Crippen molar-refractivity contribution < 1.29 is 9.59 Å². The lowest BCUT2D eigenvalue weighted by atomic mass is 10.0. The molecule has 2 aromatic rings. The average Bonchev–Trinajstić information content (AvgIpc) is 3.01. The van der Waals surface area contributed by atoms with E-state index in [1.54, 1.807) is 4.90 Å². The third-order valence-electron chi connectivity index (χ3n) is 4.16. The number of nitrogens with one attached hydrogen (secondary N) is 1. The molecule has 0 radical (unpaired) electrons.